The topological polar surface area (TPSA) is 134 Å². The first kappa shape index (κ1) is 28.6. The third-order valence-corrected chi connectivity index (χ3v) is 6.62. The molecule has 2 unspecified atom stereocenters. The van der Waals surface area contributed by atoms with Gasteiger partial charge in [-0.1, -0.05) is 40.5 Å². The van der Waals surface area contributed by atoms with Gasteiger partial charge >= 0.3 is 5.69 Å². The molecule has 0 saturated carbocycles. The molecule has 1 fully saturated rings. The zero-order valence-corrected chi connectivity index (χ0v) is 22.1. The highest BCUT2D eigenvalue weighted by molar-refractivity contribution is 5.97. The first-order valence-corrected chi connectivity index (χ1v) is 13.0. The highest BCUT2D eigenvalue weighted by atomic mass is 16.2. The Bertz CT molecular complexity index is 970. The summed E-state index contributed by atoms with van der Waals surface area (Å²) in [5, 5.41) is 3.01. The predicted molar refractivity (Wildman–Crippen MR) is 140 cm³/mol. The number of hydrogen-bond acceptors (Lipinski definition) is 6. The maximum atomic E-state index is 13.6. The Morgan fingerprint density at radius 2 is 1.86 bits per heavy atom. The van der Waals surface area contributed by atoms with E-state index in [0.29, 0.717) is 32.6 Å². The van der Waals surface area contributed by atoms with Gasteiger partial charge in [-0.15, -0.1) is 0 Å². The van der Waals surface area contributed by atoms with Crippen molar-refractivity contribution in [3.05, 3.63) is 20.8 Å². The molecule has 1 aromatic rings. The van der Waals surface area contributed by atoms with E-state index in [1.54, 1.807) is 0 Å². The average molecular weight is 493 g/mol. The van der Waals surface area contributed by atoms with Crippen LogP contribution in [0.5, 0.6) is 0 Å². The molecule has 4 N–H and O–H groups in total. The molecule has 0 bridgehead atoms. The molecule has 1 aliphatic rings. The quantitative estimate of drug-likeness (QED) is 0.382. The van der Waals surface area contributed by atoms with Crippen molar-refractivity contribution in [2.24, 2.45) is 11.8 Å². The fourth-order valence-electron chi connectivity index (χ4n) is 4.47. The standard InChI is InChI=1S/C25H44N6O4/c1-6-8-12-27-23(33)19-11-10-18(5)29(15-19)16-20(32)30(13-9-7-2)21-22(26)31(14-17(3)4)25(35)28-24(21)34/h17-19H,6-16,26H2,1-5H3,(H,27,33)(H,28,34,35). The van der Waals surface area contributed by atoms with Crippen molar-refractivity contribution in [1.29, 1.82) is 0 Å². The van der Waals surface area contributed by atoms with Crippen molar-refractivity contribution in [1.82, 2.24) is 19.8 Å². The van der Waals surface area contributed by atoms with E-state index in [4.69, 9.17) is 5.73 Å². The number of nitrogens with one attached hydrogen (secondary N) is 2. The fraction of sp³-hybridized carbons (Fsp3) is 0.760. The Hall–Kier alpha value is -2.62. The second-order valence-electron chi connectivity index (χ2n) is 10.1. The summed E-state index contributed by atoms with van der Waals surface area (Å²) in [6.45, 7) is 11.9. The molecule has 2 amide bonds. The van der Waals surface area contributed by atoms with E-state index < -0.39 is 11.2 Å². The van der Waals surface area contributed by atoms with Gasteiger partial charge in [0.05, 0.1) is 12.5 Å². The number of amides is 2. The van der Waals surface area contributed by atoms with E-state index in [-0.39, 0.29) is 47.7 Å². The fourth-order valence-corrected chi connectivity index (χ4v) is 4.47. The molecule has 0 radical (unpaired) electrons. The van der Waals surface area contributed by atoms with Crippen LogP contribution >= 0.6 is 0 Å². The summed E-state index contributed by atoms with van der Waals surface area (Å²) < 4.78 is 1.33. The molecule has 10 heteroatoms. The molecule has 10 nitrogen and oxygen atoms in total. The monoisotopic (exact) mass is 492 g/mol. The lowest BCUT2D eigenvalue weighted by Crippen LogP contribution is -2.52. The van der Waals surface area contributed by atoms with Crippen molar-refractivity contribution < 1.29 is 9.59 Å². The summed E-state index contributed by atoms with van der Waals surface area (Å²) in [5.74, 6) is -0.252. The number of carbonyl (C=O) groups excluding carboxylic acids is 2. The molecular formula is C25H44N6O4. The van der Waals surface area contributed by atoms with Crippen LogP contribution in [0.4, 0.5) is 11.5 Å². The van der Waals surface area contributed by atoms with Gasteiger partial charge in [-0.3, -0.25) is 28.8 Å². The van der Waals surface area contributed by atoms with Crippen LogP contribution in [0.15, 0.2) is 9.59 Å². The van der Waals surface area contributed by atoms with E-state index >= 15 is 0 Å². The van der Waals surface area contributed by atoms with Crippen LogP contribution in [0.25, 0.3) is 0 Å². The van der Waals surface area contributed by atoms with Crippen molar-refractivity contribution in [2.75, 3.05) is 36.8 Å². The van der Waals surface area contributed by atoms with Crippen LogP contribution in [-0.2, 0) is 16.1 Å². The number of likely N-dealkylation sites (tertiary alicyclic amines) is 1. The molecular weight excluding hydrogens is 448 g/mol. The van der Waals surface area contributed by atoms with Crippen LogP contribution < -0.4 is 27.2 Å². The van der Waals surface area contributed by atoms with Gasteiger partial charge in [0.25, 0.3) is 5.56 Å². The smallest absolute Gasteiger partial charge is 0.330 e. The summed E-state index contributed by atoms with van der Waals surface area (Å²) in [7, 11) is 0. The highest BCUT2D eigenvalue weighted by Gasteiger charge is 2.33. The number of H-pyrrole nitrogens is 1. The van der Waals surface area contributed by atoms with Gasteiger partial charge in [-0.2, -0.15) is 0 Å². The molecule has 0 aromatic carbocycles. The van der Waals surface area contributed by atoms with Gasteiger partial charge in [-0.05, 0) is 38.5 Å². The van der Waals surface area contributed by atoms with Crippen LogP contribution in [0.2, 0.25) is 0 Å². The number of carbonyl (C=O) groups is 2. The van der Waals surface area contributed by atoms with E-state index in [2.05, 4.69) is 24.1 Å². The number of anilines is 2. The van der Waals surface area contributed by atoms with Crippen LogP contribution in [0.1, 0.15) is 73.1 Å². The molecule has 1 aliphatic heterocycles. The highest BCUT2D eigenvalue weighted by Crippen LogP contribution is 2.24. The van der Waals surface area contributed by atoms with E-state index in [9.17, 15) is 19.2 Å². The zero-order valence-electron chi connectivity index (χ0n) is 22.1. The minimum absolute atomic E-state index is 0.0109. The number of aromatic nitrogens is 2. The van der Waals surface area contributed by atoms with Crippen LogP contribution in [-0.4, -0.2) is 58.5 Å². The second kappa shape index (κ2) is 13.5. The molecule has 2 rings (SSSR count). The first-order valence-electron chi connectivity index (χ1n) is 13.0. The van der Waals surface area contributed by atoms with E-state index in [0.717, 1.165) is 32.1 Å². The lowest BCUT2D eigenvalue weighted by atomic mass is 9.92. The Kier molecular flexibility index (Phi) is 11.0. The van der Waals surface area contributed by atoms with Gasteiger partial charge in [0, 0.05) is 32.2 Å². The third kappa shape index (κ3) is 7.68. The minimum Gasteiger partial charge on any atom is -0.383 e. The molecule has 1 aromatic heterocycles. The summed E-state index contributed by atoms with van der Waals surface area (Å²) in [6.07, 6.45) is 5.08. The van der Waals surface area contributed by atoms with Crippen LogP contribution in [0.3, 0.4) is 0 Å². The summed E-state index contributed by atoms with van der Waals surface area (Å²) in [4.78, 5) is 57.2. The Morgan fingerprint density at radius 1 is 1.17 bits per heavy atom. The summed E-state index contributed by atoms with van der Waals surface area (Å²) in [6, 6.07) is 0.136. The number of unbranched alkanes of at least 4 members (excludes halogenated alkanes) is 2. The zero-order chi connectivity index (χ0) is 26.1. The maximum Gasteiger partial charge on any atom is 0.330 e. The Balaban J connectivity index is 2.28. The van der Waals surface area contributed by atoms with Gasteiger partial charge in [0.15, 0.2) is 5.69 Å². The van der Waals surface area contributed by atoms with Crippen molar-refractivity contribution >= 4 is 23.3 Å². The lowest BCUT2D eigenvalue weighted by Gasteiger charge is -2.38. The second-order valence-corrected chi connectivity index (χ2v) is 10.1. The molecule has 0 aliphatic carbocycles. The molecule has 2 heterocycles. The van der Waals surface area contributed by atoms with Gasteiger partial charge < -0.3 is 16.0 Å². The van der Waals surface area contributed by atoms with Crippen molar-refractivity contribution in [3.8, 4) is 0 Å². The molecule has 198 valence electrons. The number of nitrogens with zero attached hydrogens (tertiary/aromatic N) is 3. The predicted octanol–water partition coefficient (Wildman–Crippen LogP) is 1.92. The normalized spacial score (nSPS) is 18.6. The third-order valence-electron chi connectivity index (χ3n) is 6.62. The van der Waals surface area contributed by atoms with Gasteiger partial charge in [0.1, 0.15) is 5.82 Å². The van der Waals surface area contributed by atoms with Crippen molar-refractivity contribution in [2.45, 2.75) is 85.7 Å². The van der Waals surface area contributed by atoms with Gasteiger partial charge in [0.2, 0.25) is 11.8 Å². The number of piperidine rings is 1. The molecule has 1 saturated heterocycles. The van der Waals surface area contributed by atoms with E-state index in [1.807, 2.05) is 25.7 Å². The minimum atomic E-state index is -0.656. The number of nitrogen functional groups attached to an aromatic ring is 1. The van der Waals surface area contributed by atoms with Crippen LogP contribution in [0, 0.1) is 11.8 Å². The number of aromatic amines is 1. The molecule has 2 atom stereocenters. The largest absolute Gasteiger partial charge is 0.383 e. The molecule has 0 spiro atoms. The first-order chi connectivity index (χ1) is 16.6. The Morgan fingerprint density at radius 3 is 2.49 bits per heavy atom. The number of rotatable bonds is 12. The summed E-state index contributed by atoms with van der Waals surface area (Å²) in [5.41, 5.74) is 5.11. The molecule has 35 heavy (non-hydrogen) atoms. The van der Waals surface area contributed by atoms with E-state index in [1.165, 1.54) is 9.47 Å². The lowest BCUT2D eigenvalue weighted by molar-refractivity contribution is -0.129. The summed E-state index contributed by atoms with van der Waals surface area (Å²) >= 11 is 0. The maximum absolute atomic E-state index is 13.6. The average Bonchev–Trinajstić information content (AvgIpc) is 2.80. The number of nitrogens with two attached hydrogens (primary N) is 1. The Labute approximate surface area is 208 Å². The number of hydrogen-bond donors (Lipinski definition) is 3. The SMILES string of the molecule is CCCCNC(=O)C1CCC(C)N(CC(=O)N(CCCC)c2c(N)n(CC(C)C)c(=O)[nH]c2=O)C1. The van der Waals surface area contributed by atoms with Crippen molar-refractivity contribution in [3.63, 3.8) is 0 Å². The van der Waals surface area contributed by atoms with Gasteiger partial charge in [-0.25, -0.2) is 4.79 Å².